The van der Waals surface area contributed by atoms with Crippen molar-refractivity contribution in [1.82, 2.24) is 14.9 Å². The molecule has 2 N–H and O–H groups in total. The second-order valence-corrected chi connectivity index (χ2v) is 9.61. The fourth-order valence-electron chi connectivity index (χ4n) is 5.11. The highest BCUT2D eigenvalue weighted by Gasteiger charge is 2.42. The van der Waals surface area contributed by atoms with Gasteiger partial charge < -0.3 is 20.1 Å². The molecular weight excluding hydrogens is 466 g/mol. The van der Waals surface area contributed by atoms with Crippen LogP contribution in [0.3, 0.4) is 0 Å². The summed E-state index contributed by atoms with van der Waals surface area (Å²) in [4.78, 5) is 18.3. The van der Waals surface area contributed by atoms with E-state index in [1.165, 1.54) is 18.1 Å². The lowest BCUT2D eigenvalue weighted by molar-refractivity contribution is -0.114. The van der Waals surface area contributed by atoms with E-state index in [2.05, 4.69) is 76.2 Å². The van der Waals surface area contributed by atoms with Crippen LogP contribution in [0.5, 0.6) is 0 Å². The summed E-state index contributed by atoms with van der Waals surface area (Å²) < 4.78 is 2.30. The molecule has 3 heterocycles. The van der Waals surface area contributed by atoms with Crippen molar-refractivity contribution in [3.8, 4) is 5.69 Å². The van der Waals surface area contributed by atoms with Crippen LogP contribution in [0.15, 0.2) is 79.0 Å². The van der Waals surface area contributed by atoms with E-state index in [0.29, 0.717) is 5.11 Å². The van der Waals surface area contributed by atoms with Crippen LogP contribution < -0.4 is 15.5 Å². The lowest BCUT2D eigenvalue weighted by Crippen LogP contribution is -2.29. The number of aryl methyl sites for hydroxylation is 2. The third kappa shape index (κ3) is 4.38. The molecule has 5 rings (SSSR count). The minimum absolute atomic E-state index is 0.0993. The first-order valence-corrected chi connectivity index (χ1v) is 12.4. The van der Waals surface area contributed by atoms with Gasteiger partial charge in [0.2, 0.25) is 5.91 Å². The van der Waals surface area contributed by atoms with Crippen LogP contribution in [0.4, 0.5) is 11.4 Å². The Morgan fingerprint density at radius 3 is 2.42 bits per heavy atom. The number of hydrogen-bond donors (Lipinski definition) is 2. The fourth-order valence-corrected chi connectivity index (χ4v) is 5.45. The van der Waals surface area contributed by atoms with Gasteiger partial charge in [0.15, 0.2) is 5.11 Å². The maximum atomic E-state index is 11.5. The highest BCUT2D eigenvalue weighted by Crippen LogP contribution is 2.43. The van der Waals surface area contributed by atoms with E-state index >= 15 is 0 Å². The molecule has 6 nitrogen and oxygen atoms in total. The Hall–Kier alpha value is -3.97. The van der Waals surface area contributed by atoms with Gasteiger partial charge in [-0.05, 0) is 98.7 Å². The minimum Gasteiger partial charge on any atom is -0.351 e. The molecule has 0 spiro atoms. The molecule has 7 heteroatoms. The predicted molar refractivity (Wildman–Crippen MR) is 149 cm³/mol. The van der Waals surface area contributed by atoms with Gasteiger partial charge in [0.05, 0.1) is 17.8 Å². The first kappa shape index (κ1) is 23.8. The highest BCUT2D eigenvalue weighted by molar-refractivity contribution is 7.80. The summed E-state index contributed by atoms with van der Waals surface area (Å²) in [6.07, 6.45) is 1.82. The van der Waals surface area contributed by atoms with Crippen LogP contribution in [-0.2, 0) is 4.79 Å². The Labute approximate surface area is 217 Å². The monoisotopic (exact) mass is 495 g/mol. The highest BCUT2D eigenvalue weighted by atomic mass is 32.1. The van der Waals surface area contributed by atoms with Gasteiger partial charge in [-0.2, -0.15) is 0 Å². The molecule has 182 valence electrons. The van der Waals surface area contributed by atoms with Gasteiger partial charge in [-0.3, -0.25) is 9.78 Å². The Bertz CT molecular complexity index is 1430. The van der Waals surface area contributed by atoms with Crippen LogP contribution in [0.1, 0.15) is 47.2 Å². The molecule has 1 aliphatic rings. The summed E-state index contributed by atoms with van der Waals surface area (Å²) in [6.45, 7) is 7.92. The summed E-state index contributed by atoms with van der Waals surface area (Å²) in [6, 6.07) is 24.3. The molecule has 0 unspecified atom stereocenters. The van der Waals surface area contributed by atoms with Gasteiger partial charge >= 0.3 is 0 Å². The van der Waals surface area contributed by atoms with E-state index in [0.717, 1.165) is 34.1 Å². The molecule has 0 saturated carbocycles. The lowest BCUT2D eigenvalue weighted by Gasteiger charge is -2.28. The molecule has 36 heavy (non-hydrogen) atoms. The summed E-state index contributed by atoms with van der Waals surface area (Å²) in [5, 5.41) is 7.01. The standard InChI is InChI=1S/C29H29N5OS/c1-18-8-7-9-24(16-18)33-19(2)17-25(20(33)3)28-27(26-10-5-6-15-30-26)32-29(36)34(28)23-13-11-22(12-14-23)31-21(4)35/h5-17,27-28H,1-4H3,(H,31,35)(H,32,36)/t27-,28+/m0/s1. The van der Waals surface area contributed by atoms with E-state index < -0.39 is 0 Å². The SMILES string of the molecule is CC(=O)Nc1ccc(N2C(=S)N[C@@H](c3ccccn3)[C@H]2c2cc(C)n(-c3cccc(C)c3)c2C)cc1. The minimum atomic E-state index is -0.125. The molecule has 1 saturated heterocycles. The van der Waals surface area contributed by atoms with E-state index in [4.69, 9.17) is 12.2 Å². The van der Waals surface area contributed by atoms with Crippen molar-refractivity contribution in [2.45, 2.75) is 39.8 Å². The number of carbonyl (C=O) groups excluding carboxylic acids is 1. The van der Waals surface area contributed by atoms with E-state index in [9.17, 15) is 4.79 Å². The number of thiocarbonyl (C=S) groups is 1. The molecule has 1 amide bonds. The first-order valence-electron chi connectivity index (χ1n) is 12.0. The first-order chi connectivity index (χ1) is 17.3. The third-order valence-electron chi connectivity index (χ3n) is 6.61. The van der Waals surface area contributed by atoms with Gasteiger partial charge in [-0.25, -0.2) is 0 Å². The normalized spacial score (nSPS) is 17.2. The van der Waals surface area contributed by atoms with Gasteiger partial charge in [-0.1, -0.05) is 18.2 Å². The Balaban J connectivity index is 1.63. The zero-order chi connectivity index (χ0) is 25.4. The second kappa shape index (κ2) is 9.59. The number of nitrogens with zero attached hydrogens (tertiary/aromatic N) is 3. The molecule has 0 aliphatic carbocycles. The summed E-state index contributed by atoms with van der Waals surface area (Å²) in [5.41, 5.74) is 8.50. The molecule has 0 radical (unpaired) electrons. The predicted octanol–water partition coefficient (Wildman–Crippen LogP) is 5.93. The average molecular weight is 496 g/mol. The molecule has 2 aromatic heterocycles. The van der Waals surface area contributed by atoms with Crippen molar-refractivity contribution < 1.29 is 4.79 Å². The number of anilines is 2. The number of rotatable bonds is 5. The number of nitrogens with one attached hydrogen (secondary N) is 2. The van der Waals surface area contributed by atoms with Crippen molar-refractivity contribution in [2.75, 3.05) is 10.2 Å². The molecule has 0 bridgehead atoms. The van der Waals surface area contributed by atoms with Crippen LogP contribution in [0, 0.1) is 20.8 Å². The smallest absolute Gasteiger partial charge is 0.221 e. The second-order valence-electron chi connectivity index (χ2n) is 9.23. The van der Waals surface area contributed by atoms with Crippen LogP contribution >= 0.6 is 12.2 Å². The third-order valence-corrected chi connectivity index (χ3v) is 6.93. The number of aromatic nitrogens is 2. The van der Waals surface area contributed by atoms with Crippen LogP contribution in [0.2, 0.25) is 0 Å². The van der Waals surface area contributed by atoms with Crippen LogP contribution in [-0.4, -0.2) is 20.6 Å². The van der Waals surface area contributed by atoms with Crippen molar-refractivity contribution in [3.63, 3.8) is 0 Å². The van der Waals surface area contributed by atoms with E-state index in [1.807, 2.05) is 48.7 Å². The maximum absolute atomic E-state index is 11.5. The topological polar surface area (TPSA) is 62.2 Å². The zero-order valence-corrected chi connectivity index (χ0v) is 21.6. The Morgan fingerprint density at radius 2 is 1.75 bits per heavy atom. The van der Waals surface area contributed by atoms with Gasteiger partial charge in [0.1, 0.15) is 0 Å². The largest absolute Gasteiger partial charge is 0.351 e. The molecule has 1 aliphatic heterocycles. The van der Waals surface area contributed by atoms with Crippen LogP contribution in [0.25, 0.3) is 5.69 Å². The van der Waals surface area contributed by atoms with Crippen molar-refractivity contribution in [3.05, 3.63) is 107 Å². The molecule has 2 aromatic carbocycles. The summed E-state index contributed by atoms with van der Waals surface area (Å²) in [7, 11) is 0. The quantitative estimate of drug-likeness (QED) is 0.336. The fraction of sp³-hybridized carbons (Fsp3) is 0.207. The maximum Gasteiger partial charge on any atom is 0.221 e. The summed E-state index contributed by atoms with van der Waals surface area (Å²) in [5.74, 6) is -0.0993. The number of benzene rings is 2. The van der Waals surface area contributed by atoms with E-state index in [-0.39, 0.29) is 18.0 Å². The van der Waals surface area contributed by atoms with Gasteiger partial charge in [-0.15, -0.1) is 0 Å². The van der Waals surface area contributed by atoms with Crippen molar-refractivity contribution >= 4 is 34.6 Å². The number of carbonyl (C=O) groups is 1. The Kier molecular flexibility index (Phi) is 6.33. The molecular formula is C29H29N5OS. The number of amides is 1. The number of pyridine rings is 1. The number of hydrogen-bond acceptors (Lipinski definition) is 3. The van der Waals surface area contributed by atoms with Crippen molar-refractivity contribution in [2.24, 2.45) is 0 Å². The molecule has 2 atom stereocenters. The Morgan fingerprint density at radius 1 is 0.972 bits per heavy atom. The van der Waals surface area contributed by atoms with Crippen molar-refractivity contribution in [1.29, 1.82) is 0 Å². The lowest BCUT2D eigenvalue weighted by atomic mass is 9.96. The average Bonchev–Trinajstić information content (AvgIpc) is 3.35. The molecule has 4 aromatic rings. The zero-order valence-electron chi connectivity index (χ0n) is 20.8. The molecule has 1 fully saturated rings. The van der Waals surface area contributed by atoms with E-state index in [1.54, 1.807) is 0 Å². The van der Waals surface area contributed by atoms with Gasteiger partial charge in [0, 0.05) is 41.6 Å². The summed E-state index contributed by atoms with van der Waals surface area (Å²) >= 11 is 5.88. The van der Waals surface area contributed by atoms with Gasteiger partial charge in [0.25, 0.3) is 0 Å².